The molecule has 1 aromatic heterocycles. The Bertz CT molecular complexity index is 310. The van der Waals surface area contributed by atoms with Crippen LogP contribution in [0.25, 0.3) is 0 Å². The van der Waals surface area contributed by atoms with E-state index in [0.717, 1.165) is 0 Å². The molecule has 0 saturated carbocycles. The Morgan fingerprint density at radius 1 is 1.64 bits per heavy atom. The van der Waals surface area contributed by atoms with E-state index in [9.17, 15) is 9.59 Å². The van der Waals surface area contributed by atoms with Crippen molar-refractivity contribution in [2.24, 2.45) is 0 Å². The molecule has 14 heavy (non-hydrogen) atoms. The topological polar surface area (TPSA) is 56.3 Å². The zero-order chi connectivity index (χ0) is 10.4. The Morgan fingerprint density at radius 3 is 2.93 bits per heavy atom. The number of pyridine rings is 1. The summed E-state index contributed by atoms with van der Waals surface area (Å²) in [7, 11) is 0. The first-order valence-corrected chi connectivity index (χ1v) is 4.22. The fourth-order valence-corrected chi connectivity index (χ4v) is 1.13. The maximum atomic E-state index is 11.2. The first kappa shape index (κ1) is 10.4. The van der Waals surface area contributed by atoms with Crippen LogP contribution in [-0.2, 0) is 14.3 Å². The van der Waals surface area contributed by atoms with Crippen molar-refractivity contribution in [1.82, 2.24) is 4.98 Å². The van der Waals surface area contributed by atoms with Crippen molar-refractivity contribution in [2.75, 3.05) is 6.61 Å². The monoisotopic (exact) mass is 193 g/mol. The van der Waals surface area contributed by atoms with Crippen LogP contribution in [0.3, 0.4) is 0 Å². The fraction of sp³-hybridized carbons (Fsp3) is 0.300. The molecule has 0 spiro atoms. The highest BCUT2D eigenvalue weighted by molar-refractivity contribution is 5.83. The van der Waals surface area contributed by atoms with E-state index in [1.165, 1.54) is 6.92 Å². The lowest BCUT2D eigenvalue weighted by Crippen LogP contribution is -2.16. The number of rotatable bonds is 5. The number of nitrogens with zero attached hydrogens (tertiary/aromatic N) is 1. The molecule has 0 aromatic carbocycles. The summed E-state index contributed by atoms with van der Waals surface area (Å²) >= 11 is 0. The molecule has 1 atom stereocenters. The molecule has 1 unspecified atom stereocenters. The number of carbonyl (C=O) groups is 2. The van der Waals surface area contributed by atoms with Gasteiger partial charge in [-0.1, -0.05) is 6.07 Å². The predicted molar refractivity (Wildman–Crippen MR) is 49.7 cm³/mol. The minimum absolute atomic E-state index is 0.0514. The molecule has 0 bridgehead atoms. The number of aromatic nitrogens is 1. The maximum Gasteiger partial charge on any atom is 0.293 e. The van der Waals surface area contributed by atoms with Crippen molar-refractivity contribution in [1.29, 1.82) is 0 Å². The second-order valence-corrected chi connectivity index (χ2v) is 2.85. The summed E-state index contributed by atoms with van der Waals surface area (Å²) in [6.07, 6.45) is 1.60. The van der Waals surface area contributed by atoms with E-state index in [-0.39, 0.29) is 12.4 Å². The summed E-state index contributed by atoms with van der Waals surface area (Å²) in [6, 6.07) is 5.29. The lowest BCUT2D eigenvalue weighted by Gasteiger charge is -2.10. The number of hydrogen-bond acceptors (Lipinski definition) is 4. The molecule has 0 aliphatic rings. The van der Waals surface area contributed by atoms with Crippen LogP contribution in [0.1, 0.15) is 18.5 Å². The van der Waals surface area contributed by atoms with Crippen LogP contribution in [0.5, 0.6) is 0 Å². The van der Waals surface area contributed by atoms with Gasteiger partial charge in [0, 0.05) is 6.20 Å². The van der Waals surface area contributed by atoms with Gasteiger partial charge in [0.15, 0.2) is 0 Å². The van der Waals surface area contributed by atoms with E-state index < -0.39 is 5.92 Å². The minimum Gasteiger partial charge on any atom is -0.467 e. The third-order valence-electron chi connectivity index (χ3n) is 1.87. The highest BCUT2D eigenvalue weighted by atomic mass is 16.5. The standard InChI is InChI=1S/C10H11NO3/c1-8(13)9(6-14-7-12)10-4-2-3-5-11-10/h2-5,7,9H,6H2,1H3. The average Bonchev–Trinajstić information content (AvgIpc) is 2.19. The Balaban J connectivity index is 2.78. The van der Waals surface area contributed by atoms with Crippen LogP contribution in [0.4, 0.5) is 0 Å². The highest BCUT2D eigenvalue weighted by Crippen LogP contribution is 2.13. The molecule has 0 radical (unpaired) electrons. The molecule has 0 fully saturated rings. The molecule has 0 saturated heterocycles. The normalized spacial score (nSPS) is 11.8. The molecular formula is C10H11NO3. The third-order valence-corrected chi connectivity index (χ3v) is 1.87. The molecule has 0 aliphatic heterocycles. The van der Waals surface area contributed by atoms with Gasteiger partial charge in [-0.05, 0) is 19.1 Å². The van der Waals surface area contributed by atoms with Gasteiger partial charge in [-0.25, -0.2) is 0 Å². The number of carbonyl (C=O) groups excluding carboxylic acids is 2. The predicted octanol–water partition coefficient (Wildman–Crippen LogP) is 0.927. The molecular weight excluding hydrogens is 182 g/mol. The molecule has 0 amide bonds. The third kappa shape index (κ3) is 2.65. The van der Waals surface area contributed by atoms with Crippen molar-refractivity contribution in [3.63, 3.8) is 0 Å². The van der Waals surface area contributed by atoms with E-state index in [1.54, 1.807) is 24.4 Å². The van der Waals surface area contributed by atoms with Gasteiger partial charge in [0.25, 0.3) is 6.47 Å². The summed E-state index contributed by atoms with van der Waals surface area (Å²) in [5.41, 5.74) is 0.627. The van der Waals surface area contributed by atoms with Crippen LogP contribution in [0.2, 0.25) is 0 Å². The minimum atomic E-state index is -0.457. The summed E-state index contributed by atoms with van der Waals surface area (Å²) in [5, 5.41) is 0. The first-order chi connectivity index (χ1) is 6.75. The van der Waals surface area contributed by atoms with Gasteiger partial charge in [-0.3, -0.25) is 14.6 Å². The maximum absolute atomic E-state index is 11.2. The van der Waals surface area contributed by atoms with Crippen molar-refractivity contribution in [2.45, 2.75) is 12.8 Å². The van der Waals surface area contributed by atoms with E-state index in [4.69, 9.17) is 0 Å². The van der Waals surface area contributed by atoms with E-state index in [0.29, 0.717) is 12.2 Å². The molecule has 1 rings (SSSR count). The molecule has 4 nitrogen and oxygen atoms in total. The summed E-state index contributed by atoms with van der Waals surface area (Å²) in [6.45, 7) is 1.84. The molecule has 0 N–H and O–H groups in total. The van der Waals surface area contributed by atoms with E-state index in [2.05, 4.69) is 9.72 Å². The Morgan fingerprint density at radius 2 is 2.43 bits per heavy atom. The van der Waals surface area contributed by atoms with Gasteiger partial charge in [0.2, 0.25) is 0 Å². The molecule has 4 heteroatoms. The second-order valence-electron chi connectivity index (χ2n) is 2.85. The van der Waals surface area contributed by atoms with Crippen molar-refractivity contribution in [3.8, 4) is 0 Å². The van der Waals surface area contributed by atoms with Crippen LogP contribution in [0, 0.1) is 0 Å². The van der Waals surface area contributed by atoms with Crippen LogP contribution >= 0.6 is 0 Å². The first-order valence-electron chi connectivity index (χ1n) is 4.22. The summed E-state index contributed by atoms with van der Waals surface area (Å²) < 4.78 is 4.57. The molecule has 1 heterocycles. The lowest BCUT2D eigenvalue weighted by molar-refractivity contribution is -0.130. The van der Waals surface area contributed by atoms with Gasteiger partial charge in [-0.15, -0.1) is 0 Å². The molecule has 0 aliphatic carbocycles. The molecule has 1 aromatic rings. The number of ether oxygens (including phenoxy) is 1. The van der Waals surface area contributed by atoms with Crippen molar-refractivity contribution in [3.05, 3.63) is 30.1 Å². The van der Waals surface area contributed by atoms with Crippen molar-refractivity contribution >= 4 is 12.3 Å². The average molecular weight is 193 g/mol. The Kier molecular flexibility index (Phi) is 3.79. The van der Waals surface area contributed by atoms with Crippen LogP contribution in [-0.4, -0.2) is 23.8 Å². The fourth-order valence-electron chi connectivity index (χ4n) is 1.13. The zero-order valence-electron chi connectivity index (χ0n) is 7.84. The van der Waals surface area contributed by atoms with Crippen LogP contribution < -0.4 is 0 Å². The van der Waals surface area contributed by atoms with E-state index in [1.807, 2.05) is 0 Å². The smallest absolute Gasteiger partial charge is 0.293 e. The molecule has 74 valence electrons. The Labute approximate surface area is 81.9 Å². The van der Waals surface area contributed by atoms with Gasteiger partial charge < -0.3 is 4.74 Å². The quantitative estimate of drug-likeness (QED) is 0.653. The summed E-state index contributed by atoms with van der Waals surface area (Å²) in [5.74, 6) is -0.521. The second kappa shape index (κ2) is 5.11. The summed E-state index contributed by atoms with van der Waals surface area (Å²) in [4.78, 5) is 25.3. The Hall–Kier alpha value is -1.71. The zero-order valence-corrected chi connectivity index (χ0v) is 7.84. The van der Waals surface area contributed by atoms with Crippen molar-refractivity contribution < 1.29 is 14.3 Å². The number of Topliss-reactive ketones (excluding diaryl/α,β-unsaturated/α-hetero) is 1. The van der Waals surface area contributed by atoms with Gasteiger partial charge in [0.05, 0.1) is 11.6 Å². The largest absolute Gasteiger partial charge is 0.467 e. The van der Waals surface area contributed by atoms with Gasteiger partial charge in [0.1, 0.15) is 12.4 Å². The van der Waals surface area contributed by atoms with Gasteiger partial charge >= 0.3 is 0 Å². The van der Waals surface area contributed by atoms with E-state index >= 15 is 0 Å². The van der Waals surface area contributed by atoms with Crippen LogP contribution in [0.15, 0.2) is 24.4 Å². The highest BCUT2D eigenvalue weighted by Gasteiger charge is 2.18. The number of ketones is 1. The number of hydrogen-bond donors (Lipinski definition) is 0. The SMILES string of the molecule is CC(=O)C(COC=O)c1ccccn1. The lowest BCUT2D eigenvalue weighted by atomic mass is 10.0. The van der Waals surface area contributed by atoms with Gasteiger partial charge in [-0.2, -0.15) is 0 Å².